The van der Waals surface area contributed by atoms with Gasteiger partial charge in [-0.15, -0.1) is 0 Å². The Kier molecular flexibility index (Phi) is 10.1. The van der Waals surface area contributed by atoms with Crippen molar-refractivity contribution in [2.45, 2.75) is 32.8 Å². The van der Waals surface area contributed by atoms with E-state index >= 15 is 0 Å². The number of benzene rings is 2. The summed E-state index contributed by atoms with van der Waals surface area (Å²) in [5.74, 6) is 3.76. The second kappa shape index (κ2) is 12.9. The summed E-state index contributed by atoms with van der Waals surface area (Å²) in [5, 5.41) is 3.47. The lowest BCUT2D eigenvalue weighted by atomic mass is 10.0. The Labute approximate surface area is 180 Å². The van der Waals surface area contributed by atoms with Crippen LogP contribution in [-0.2, 0) is 0 Å². The molecule has 6 nitrogen and oxygen atoms in total. The fourth-order valence-corrected chi connectivity index (χ4v) is 3.06. The van der Waals surface area contributed by atoms with E-state index in [4.69, 9.17) is 23.7 Å². The van der Waals surface area contributed by atoms with Gasteiger partial charge in [0.15, 0.2) is 23.0 Å². The van der Waals surface area contributed by atoms with Gasteiger partial charge in [-0.1, -0.05) is 26.0 Å². The molecule has 2 aromatic rings. The van der Waals surface area contributed by atoms with Gasteiger partial charge in [0.05, 0.1) is 27.9 Å². The number of hydrogen-bond acceptors (Lipinski definition) is 6. The molecule has 165 valence electrons. The highest BCUT2D eigenvalue weighted by atomic mass is 16.5. The third kappa shape index (κ3) is 7.02. The van der Waals surface area contributed by atoms with E-state index in [-0.39, 0.29) is 6.10 Å². The van der Waals surface area contributed by atoms with Crippen molar-refractivity contribution < 1.29 is 23.7 Å². The van der Waals surface area contributed by atoms with E-state index in [1.165, 1.54) is 0 Å². The minimum atomic E-state index is 0.0525. The van der Waals surface area contributed by atoms with E-state index in [0.717, 1.165) is 37.4 Å². The molecule has 1 atom stereocenters. The van der Waals surface area contributed by atoms with Crippen molar-refractivity contribution in [3.63, 3.8) is 0 Å². The molecule has 1 radical (unpaired) electrons. The van der Waals surface area contributed by atoms with Gasteiger partial charge in [-0.2, -0.15) is 0 Å². The van der Waals surface area contributed by atoms with Crippen LogP contribution in [0.5, 0.6) is 28.7 Å². The number of methoxy groups -OCH3 is 3. The van der Waals surface area contributed by atoms with Crippen LogP contribution in [0.25, 0.3) is 0 Å². The first-order chi connectivity index (χ1) is 14.6. The third-order valence-corrected chi connectivity index (χ3v) is 4.75. The quantitative estimate of drug-likeness (QED) is 0.462. The highest BCUT2D eigenvalue weighted by Gasteiger charge is 2.19. The first kappa shape index (κ1) is 23.7. The number of hydrogen-bond donors (Lipinski definition) is 1. The Morgan fingerprint density at radius 3 is 2.23 bits per heavy atom. The van der Waals surface area contributed by atoms with Gasteiger partial charge in [0.25, 0.3) is 0 Å². The van der Waals surface area contributed by atoms with Crippen molar-refractivity contribution in [1.29, 1.82) is 0 Å². The average Bonchev–Trinajstić information content (AvgIpc) is 2.77. The van der Waals surface area contributed by atoms with E-state index in [2.05, 4.69) is 25.2 Å². The van der Waals surface area contributed by atoms with Gasteiger partial charge < -0.3 is 29.0 Å². The van der Waals surface area contributed by atoms with Crippen molar-refractivity contribution in [2.24, 2.45) is 5.92 Å². The first-order valence-electron chi connectivity index (χ1n) is 10.4. The van der Waals surface area contributed by atoms with Crippen LogP contribution in [0.15, 0.2) is 36.4 Å². The molecular formula is C24H34NO5. The lowest BCUT2D eigenvalue weighted by Gasteiger charge is -2.24. The summed E-state index contributed by atoms with van der Waals surface area (Å²) >= 11 is 0. The normalized spacial score (nSPS) is 11.8. The van der Waals surface area contributed by atoms with Crippen LogP contribution < -0.4 is 29.0 Å². The summed E-state index contributed by atoms with van der Waals surface area (Å²) in [6, 6.07) is 14.3. The lowest BCUT2D eigenvalue weighted by molar-refractivity contribution is 0.135. The Morgan fingerprint density at radius 2 is 1.57 bits per heavy atom. The number of rotatable bonds is 14. The van der Waals surface area contributed by atoms with Crippen LogP contribution in [0.1, 0.15) is 26.7 Å². The molecule has 0 amide bonds. The largest absolute Gasteiger partial charge is 0.493 e. The van der Waals surface area contributed by atoms with Crippen LogP contribution >= 0.6 is 0 Å². The molecule has 0 fully saturated rings. The minimum absolute atomic E-state index is 0.0525. The fourth-order valence-electron chi connectivity index (χ4n) is 3.06. The predicted octanol–water partition coefficient (Wildman–Crippen LogP) is 4.36. The molecule has 30 heavy (non-hydrogen) atoms. The molecule has 0 aliphatic heterocycles. The van der Waals surface area contributed by atoms with E-state index in [0.29, 0.717) is 29.8 Å². The standard InChI is InChI=1S/C24H34NO5/c1-18(2)19(30-23-13-8-12-22(27-4)24(23)28-5)14-16-25-15-9-17-29-21-11-7-6-10-20(21)26-3/h6-7,10-13,18-19,25H,9,14-17H2,1-5H3. The smallest absolute Gasteiger partial charge is 0.203 e. The van der Waals surface area contributed by atoms with Crippen molar-refractivity contribution in [3.05, 3.63) is 42.5 Å². The summed E-state index contributed by atoms with van der Waals surface area (Å²) in [6.07, 6.45) is 1.84. The van der Waals surface area contributed by atoms with E-state index in [9.17, 15) is 0 Å². The Hall–Kier alpha value is -2.60. The molecule has 0 saturated carbocycles. The van der Waals surface area contributed by atoms with Gasteiger partial charge in [-0.25, -0.2) is 0 Å². The van der Waals surface area contributed by atoms with Crippen LogP contribution in [0.4, 0.5) is 0 Å². The van der Waals surface area contributed by atoms with Crippen LogP contribution in [0.3, 0.4) is 0 Å². The third-order valence-electron chi connectivity index (χ3n) is 4.75. The zero-order valence-corrected chi connectivity index (χ0v) is 18.7. The topological polar surface area (TPSA) is 58.2 Å². The highest BCUT2D eigenvalue weighted by Crippen LogP contribution is 2.37. The molecule has 0 aromatic heterocycles. The van der Waals surface area contributed by atoms with E-state index in [1.54, 1.807) is 33.5 Å². The fraction of sp³-hybridized carbons (Fsp3) is 0.500. The maximum Gasteiger partial charge on any atom is 0.203 e. The highest BCUT2D eigenvalue weighted by molar-refractivity contribution is 5.50. The number of para-hydroxylation sites is 2. The van der Waals surface area contributed by atoms with Crippen LogP contribution in [0, 0.1) is 12.0 Å². The van der Waals surface area contributed by atoms with Crippen molar-refractivity contribution in [2.75, 3.05) is 41.0 Å². The molecule has 1 N–H and O–H groups in total. The first-order valence-corrected chi connectivity index (χ1v) is 10.4. The summed E-state index contributed by atoms with van der Waals surface area (Å²) < 4.78 is 28.1. The molecule has 1 unspecified atom stereocenters. The molecule has 2 rings (SSSR count). The Bertz CT molecular complexity index is 750. The minimum Gasteiger partial charge on any atom is -0.493 e. The van der Waals surface area contributed by atoms with Gasteiger partial charge in [0, 0.05) is 0 Å². The second-order valence-corrected chi connectivity index (χ2v) is 7.21. The molecule has 0 saturated heterocycles. The average molecular weight is 417 g/mol. The molecule has 0 aliphatic rings. The maximum absolute atomic E-state index is 6.24. The van der Waals surface area contributed by atoms with Gasteiger partial charge in [-0.05, 0) is 62.2 Å². The zero-order valence-electron chi connectivity index (χ0n) is 18.7. The molecule has 2 aromatic carbocycles. The molecule has 0 aliphatic carbocycles. The van der Waals surface area contributed by atoms with Gasteiger partial charge in [-0.3, -0.25) is 0 Å². The van der Waals surface area contributed by atoms with Crippen molar-refractivity contribution >= 4 is 0 Å². The molecule has 0 spiro atoms. The van der Waals surface area contributed by atoms with Crippen molar-refractivity contribution in [1.82, 2.24) is 5.32 Å². The van der Waals surface area contributed by atoms with Gasteiger partial charge in [0.1, 0.15) is 6.10 Å². The van der Waals surface area contributed by atoms with Gasteiger partial charge in [0.2, 0.25) is 5.75 Å². The monoisotopic (exact) mass is 416 g/mol. The summed E-state index contributed by atoms with van der Waals surface area (Å²) in [7, 11) is 4.87. The van der Waals surface area contributed by atoms with E-state index in [1.807, 2.05) is 24.3 Å². The summed E-state index contributed by atoms with van der Waals surface area (Å²) in [5.41, 5.74) is 0. The van der Waals surface area contributed by atoms with E-state index < -0.39 is 0 Å². The molecule has 6 heteroatoms. The van der Waals surface area contributed by atoms with Crippen molar-refractivity contribution in [3.8, 4) is 28.7 Å². The zero-order chi connectivity index (χ0) is 21.8. The molecular weight excluding hydrogens is 382 g/mol. The summed E-state index contributed by atoms with van der Waals surface area (Å²) in [4.78, 5) is 0. The van der Waals surface area contributed by atoms with Gasteiger partial charge >= 0.3 is 0 Å². The van der Waals surface area contributed by atoms with Crippen LogP contribution in [0.2, 0.25) is 0 Å². The second-order valence-electron chi connectivity index (χ2n) is 7.21. The SMILES string of the molecule is COc1ccccc1OCCCNCCC(Oc1c[c]cc(OC)c1OC)C(C)C. The number of nitrogens with one attached hydrogen (secondary N) is 1. The maximum atomic E-state index is 6.24. The molecule has 0 bridgehead atoms. The predicted molar refractivity (Wildman–Crippen MR) is 118 cm³/mol. The number of ether oxygens (including phenoxy) is 5. The van der Waals surface area contributed by atoms with Crippen LogP contribution in [-0.4, -0.2) is 47.1 Å². The Morgan fingerprint density at radius 1 is 0.867 bits per heavy atom. The lowest BCUT2D eigenvalue weighted by Crippen LogP contribution is -2.29. The molecule has 0 heterocycles. The Balaban J connectivity index is 1.74. The summed E-state index contributed by atoms with van der Waals surface area (Å²) in [6.45, 7) is 6.67.